The Balaban J connectivity index is -0.000000283. The molecule has 2 atom stereocenters. The van der Waals surface area contributed by atoms with E-state index in [-0.39, 0.29) is 30.2 Å². The van der Waals surface area contributed by atoms with Gasteiger partial charge in [-0.25, -0.2) is 0 Å². The van der Waals surface area contributed by atoms with E-state index in [1.807, 2.05) is 0 Å². The zero-order valence-corrected chi connectivity index (χ0v) is 23.8. The Morgan fingerprint density at radius 1 is 0.958 bits per heavy atom. The van der Waals surface area contributed by atoms with Crippen molar-refractivity contribution in [1.29, 1.82) is 0 Å². The van der Waals surface area contributed by atoms with Gasteiger partial charge in [-0.05, 0) is 5.92 Å². The van der Waals surface area contributed by atoms with E-state index in [0.717, 1.165) is 11.8 Å². The topological polar surface area (TPSA) is 14.1 Å². The Bertz CT molecular complexity index is 368. The standard InChI is InChI=1S/C9H11.C6H18NSi2.C2H6Si.2ClH.Zr/c1-2-5-9-7-3-6-8(9)4-1;1-8(2,3)7-9(4,5)6;1-3-2;;;/h1-2,4-6,8-9H,3,7H2;1-6H3;1-2H3;2*1H;/q2*-1;;;;+2. The average molecular weight is 502 g/mol. The largest absolute Gasteiger partial charge is 0.147 e. The van der Waals surface area contributed by atoms with Crippen molar-refractivity contribution in [3.8, 4) is 0 Å². The van der Waals surface area contributed by atoms with Gasteiger partial charge in [0.25, 0.3) is 0 Å². The number of hydrogen-bond acceptors (Lipinski definition) is 0. The van der Waals surface area contributed by atoms with Crippen molar-refractivity contribution in [2.24, 2.45) is 11.8 Å². The number of rotatable bonds is 2. The molecule has 1 saturated carbocycles. The van der Waals surface area contributed by atoms with Crippen LogP contribution in [0, 0.1) is 18.3 Å². The fourth-order valence-corrected chi connectivity index (χ4v) is 10.7. The minimum atomic E-state index is -1.11. The first-order valence-corrected chi connectivity index (χ1v) is 21.4. The summed E-state index contributed by atoms with van der Waals surface area (Å²) in [6.07, 6.45) is 14.1. The van der Waals surface area contributed by atoms with Crippen molar-refractivity contribution in [1.82, 2.24) is 0 Å². The van der Waals surface area contributed by atoms with Crippen LogP contribution in [0.5, 0.6) is 0 Å². The van der Waals surface area contributed by atoms with Crippen molar-refractivity contribution < 1.29 is 23.3 Å². The molecule has 24 heavy (non-hydrogen) atoms. The van der Waals surface area contributed by atoms with E-state index in [9.17, 15) is 0 Å². The van der Waals surface area contributed by atoms with E-state index in [1.165, 1.54) is 12.8 Å². The maximum absolute atomic E-state index is 4.82. The molecule has 0 spiro atoms. The second-order valence-corrected chi connectivity index (χ2v) is 27.2. The summed E-state index contributed by atoms with van der Waals surface area (Å²) in [5.74, 6) is 1.62. The first-order valence-electron chi connectivity index (χ1n) is 8.35. The van der Waals surface area contributed by atoms with E-state index < -0.39 is 16.5 Å². The summed E-state index contributed by atoms with van der Waals surface area (Å²) in [6, 6.07) is 0. The third kappa shape index (κ3) is 19.9. The first-order chi connectivity index (χ1) is 9.91. The molecule has 0 heterocycles. The van der Waals surface area contributed by atoms with Crippen LogP contribution in [-0.4, -0.2) is 21.9 Å². The molecule has 0 radical (unpaired) electrons. The van der Waals surface area contributed by atoms with Crippen molar-refractivity contribution in [2.75, 3.05) is 0 Å². The van der Waals surface area contributed by atoms with Crippen LogP contribution in [0.1, 0.15) is 12.8 Å². The molecule has 0 bridgehead atoms. The molecule has 0 aromatic rings. The normalized spacial score (nSPS) is 21.1. The van der Waals surface area contributed by atoms with Crippen LogP contribution in [-0.2, 0) is 23.3 Å². The fraction of sp³-hybridized carbons (Fsp3) is 0.706. The average Bonchev–Trinajstić information content (AvgIpc) is 2.71. The maximum Gasteiger partial charge on any atom is -0.147 e. The molecule has 2 aliphatic carbocycles. The molecule has 140 valence electrons. The summed E-state index contributed by atoms with van der Waals surface area (Å²) in [7, 11) is -2.21. The second-order valence-electron chi connectivity index (χ2n) is 8.28. The molecule has 2 rings (SSSR count). The van der Waals surface area contributed by atoms with E-state index in [2.05, 4.69) is 83.1 Å². The molecule has 0 aliphatic heterocycles. The smallest absolute Gasteiger partial charge is 0.147 e. The summed E-state index contributed by atoms with van der Waals surface area (Å²) < 4.78 is 4.82. The Morgan fingerprint density at radius 3 is 1.71 bits per heavy atom. The summed E-state index contributed by atoms with van der Waals surface area (Å²) in [5.41, 5.74) is 0.210. The van der Waals surface area contributed by atoms with Crippen LogP contribution in [0.25, 0.3) is 4.65 Å². The summed E-state index contributed by atoms with van der Waals surface area (Å²) in [4.78, 5) is 0. The Morgan fingerprint density at radius 2 is 1.38 bits per heavy atom. The van der Waals surface area contributed by atoms with E-state index in [4.69, 9.17) is 4.65 Å². The quantitative estimate of drug-likeness (QED) is 0.286. The number of nitrogens with zero attached hydrogens (tertiary/aromatic N) is 1. The zero-order valence-electron chi connectivity index (χ0n) is 16.7. The monoisotopic (exact) mass is 499 g/mol. The SMILES string of the molecule is C1=CC2[CH-]CCC2C=C1.C[Si](C)(C)[N-][Si](C)(C)C.C[Si](C)=[Zr+2].Cl.Cl. The molecular weight excluding hydrogens is 465 g/mol. The summed E-state index contributed by atoms with van der Waals surface area (Å²) in [5, 5.41) is 0. The van der Waals surface area contributed by atoms with E-state index in [0.29, 0.717) is 0 Å². The van der Waals surface area contributed by atoms with Crippen LogP contribution in [0.4, 0.5) is 0 Å². The number of hydrogen-bond donors (Lipinski definition) is 0. The molecule has 7 heteroatoms. The van der Waals surface area contributed by atoms with Crippen molar-refractivity contribution >= 4 is 46.7 Å². The Labute approximate surface area is 181 Å². The van der Waals surface area contributed by atoms with Gasteiger partial charge in [0, 0.05) is 0 Å². The summed E-state index contributed by atoms with van der Waals surface area (Å²) in [6.45, 7) is 18.4. The molecule has 2 aliphatic rings. The van der Waals surface area contributed by atoms with Gasteiger partial charge in [-0.3, -0.25) is 0 Å². The second kappa shape index (κ2) is 14.6. The van der Waals surface area contributed by atoms with Gasteiger partial charge in [-0.2, -0.15) is 6.42 Å². The van der Waals surface area contributed by atoms with Gasteiger partial charge >= 0.3 is 41.9 Å². The number of allylic oxidation sites excluding steroid dienone is 4. The van der Waals surface area contributed by atoms with Crippen molar-refractivity contribution in [2.45, 2.75) is 65.2 Å². The van der Waals surface area contributed by atoms with Gasteiger partial charge in [-0.1, -0.05) is 80.4 Å². The minimum absolute atomic E-state index is 0. The molecule has 0 saturated heterocycles. The van der Waals surface area contributed by atoms with Gasteiger partial charge in [0.1, 0.15) is 0 Å². The maximum atomic E-state index is 4.82. The molecule has 0 N–H and O–H groups in total. The van der Waals surface area contributed by atoms with E-state index in [1.54, 1.807) is 23.3 Å². The van der Waals surface area contributed by atoms with Gasteiger partial charge in [-0.15, -0.1) is 36.8 Å². The van der Waals surface area contributed by atoms with Crippen LogP contribution in [0.15, 0.2) is 24.3 Å². The van der Waals surface area contributed by atoms with Crippen LogP contribution >= 0.6 is 24.8 Å². The minimum Gasteiger partial charge on any atom is -0.147 e. The number of halogens is 2. The van der Waals surface area contributed by atoms with Gasteiger partial charge in [0.05, 0.1) is 0 Å². The molecule has 0 amide bonds. The van der Waals surface area contributed by atoms with Crippen molar-refractivity contribution in [3.05, 3.63) is 35.4 Å². The fourth-order valence-electron chi connectivity index (χ4n) is 2.70. The van der Waals surface area contributed by atoms with E-state index >= 15 is 0 Å². The van der Waals surface area contributed by atoms with Crippen LogP contribution in [0.2, 0.25) is 52.4 Å². The third-order valence-electron chi connectivity index (χ3n) is 2.91. The molecule has 2 unspecified atom stereocenters. The Hall–Kier alpha value is 1.55. The molecule has 0 aromatic heterocycles. The summed E-state index contributed by atoms with van der Waals surface area (Å²) >= 11 is 1.74. The van der Waals surface area contributed by atoms with Gasteiger partial charge in [0.2, 0.25) is 0 Å². The zero-order chi connectivity index (χ0) is 17.4. The molecule has 1 nitrogen and oxygen atoms in total. The predicted molar refractivity (Wildman–Crippen MR) is 121 cm³/mol. The van der Waals surface area contributed by atoms with Crippen LogP contribution < -0.4 is 0 Å². The van der Waals surface area contributed by atoms with Gasteiger partial charge < -0.3 is 11.1 Å². The molecule has 1 fully saturated rings. The first kappa shape index (κ1) is 30.3. The Kier molecular flexibility index (Phi) is 18.4. The molecule has 0 aromatic carbocycles. The van der Waals surface area contributed by atoms with Crippen LogP contribution in [0.3, 0.4) is 0 Å². The van der Waals surface area contributed by atoms with Crippen molar-refractivity contribution in [3.63, 3.8) is 0 Å². The van der Waals surface area contributed by atoms with Gasteiger partial charge in [0.15, 0.2) is 0 Å². The predicted octanol–water partition coefficient (Wildman–Crippen LogP) is 7.00. The third-order valence-corrected chi connectivity index (χ3v) is 8.27. The molecular formula is C17H37Cl2NSi3Zr. The number of fused-ring (bicyclic) bond motifs is 1.